The number of hydrogen-bond donors (Lipinski definition) is 0. The SMILES string of the molecule is CC[Te](N=[N+]=[N-])(N=[N+]=[N-])N=[N+]=[N-]. The molecule has 64 valence electrons. The molecule has 0 rings (SSSR count). The van der Waals surface area contributed by atoms with Gasteiger partial charge in [-0.15, -0.1) is 0 Å². The van der Waals surface area contributed by atoms with E-state index >= 15 is 0 Å². The van der Waals surface area contributed by atoms with Gasteiger partial charge in [0, 0.05) is 0 Å². The molecule has 0 aliphatic rings. The van der Waals surface area contributed by atoms with Crippen molar-refractivity contribution < 1.29 is 0 Å². The normalized spacial score (nSPS) is 15.4. The van der Waals surface area contributed by atoms with Crippen molar-refractivity contribution in [3.8, 4) is 0 Å². The topological polar surface area (TPSA) is 146 Å². The minimum atomic E-state index is -3.68. The fourth-order valence-electron chi connectivity index (χ4n) is 0.398. The molecular formula is C2H5N9Te. The second-order valence-electron chi connectivity index (χ2n) is 1.43. The van der Waals surface area contributed by atoms with Crippen molar-refractivity contribution in [2.24, 2.45) is 10.1 Å². The Morgan fingerprint density at radius 3 is 1.50 bits per heavy atom. The first kappa shape index (κ1) is 10.7. The number of azide groups is 1. The zero-order chi connectivity index (χ0) is 9.45. The Balaban J connectivity index is 5.13. The van der Waals surface area contributed by atoms with Crippen LogP contribution in [0.3, 0.4) is 0 Å². The summed E-state index contributed by atoms with van der Waals surface area (Å²) in [7, 11) is 0. The van der Waals surface area contributed by atoms with Gasteiger partial charge in [-0.05, 0) is 0 Å². The van der Waals surface area contributed by atoms with E-state index in [0.29, 0.717) is 4.47 Å². The summed E-state index contributed by atoms with van der Waals surface area (Å²) in [6.07, 6.45) is 0. The van der Waals surface area contributed by atoms with Crippen LogP contribution >= 0.6 is 0 Å². The van der Waals surface area contributed by atoms with Gasteiger partial charge in [0.15, 0.2) is 0 Å². The third-order valence-corrected chi connectivity index (χ3v) is 5.96. The van der Waals surface area contributed by atoms with Crippen molar-refractivity contribution in [3.05, 3.63) is 31.3 Å². The molecule has 0 fully saturated rings. The molecule has 0 heterocycles. The fraction of sp³-hybridized carbons (Fsp3) is 1.00. The molecular weight excluding hydrogens is 278 g/mol. The van der Waals surface area contributed by atoms with Crippen LogP contribution in [0.15, 0.2) is 10.1 Å². The molecule has 12 heavy (non-hydrogen) atoms. The summed E-state index contributed by atoms with van der Waals surface area (Å²) in [4.78, 5) is 7.49. The quantitative estimate of drug-likeness (QED) is 0.323. The van der Waals surface area contributed by atoms with Crippen LogP contribution in [0.1, 0.15) is 6.92 Å². The van der Waals surface area contributed by atoms with Gasteiger partial charge < -0.3 is 0 Å². The van der Waals surface area contributed by atoms with Gasteiger partial charge in [-0.2, -0.15) is 0 Å². The molecule has 0 saturated carbocycles. The molecule has 0 aliphatic heterocycles. The third-order valence-electron chi connectivity index (χ3n) is 0.889. The summed E-state index contributed by atoms with van der Waals surface area (Å²) in [6, 6.07) is 0. The summed E-state index contributed by atoms with van der Waals surface area (Å²) >= 11 is -3.68. The summed E-state index contributed by atoms with van der Waals surface area (Å²) in [5, 5.41) is 0. The average Bonchev–Trinajstić information content (AvgIpc) is 2.06. The Morgan fingerprint density at radius 1 is 1.00 bits per heavy atom. The van der Waals surface area contributed by atoms with E-state index in [1.54, 1.807) is 6.92 Å². The van der Waals surface area contributed by atoms with Gasteiger partial charge >= 0.3 is 71.8 Å². The van der Waals surface area contributed by atoms with E-state index < -0.39 is 19.0 Å². The van der Waals surface area contributed by atoms with E-state index in [9.17, 15) is 0 Å². The van der Waals surface area contributed by atoms with Crippen molar-refractivity contribution in [1.29, 1.82) is 0 Å². The average molecular weight is 283 g/mol. The molecule has 0 radical (unpaired) electrons. The molecule has 0 amide bonds. The summed E-state index contributed by atoms with van der Waals surface area (Å²) in [6.45, 7) is 1.65. The molecule has 9 nitrogen and oxygen atoms in total. The molecule has 0 aromatic carbocycles. The van der Waals surface area contributed by atoms with Gasteiger partial charge in [0.1, 0.15) is 0 Å². The van der Waals surface area contributed by atoms with Crippen LogP contribution in [0.5, 0.6) is 0 Å². The Hall–Kier alpha value is -1.28. The van der Waals surface area contributed by atoms with Crippen molar-refractivity contribution in [2.75, 3.05) is 0 Å². The molecule has 10 heteroatoms. The van der Waals surface area contributed by atoms with Crippen LogP contribution in [0, 0.1) is 0 Å². The zero-order valence-corrected chi connectivity index (χ0v) is 8.47. The van der Waals surface area contributed by atoms with Crippen LogP contribution in [0.25, 0.3) is 31.3 Å². The molecule has 0 aromatic rings. The molecule has 0 atom stereocenters. The summed E-state index contributed by atoms with van der Waals surface area (Å²) in [5.74, 6) is 0. The van der Waals surface area contributed by atoms with Gasteiger partial charge in [0.05, 0.1) is 0 Å². The molecule has 0 spiro atoms. The molecule has 0 unspecified atom stereocenters. The first-order valence-electron chi connectivity index (χ1n) is 2.74. The summed E-state index contributed by atoms with van der Waals surface area (Å²) < 4.78 is 10.2. The standard InChI is InChI=1S/C2H5N9Te/c1-2-12(9-6-3,10-7-4)11-8-5/h2H2,1H3. The Kier molecular flexibility index (Phi) is 4.81. The molecule has 0 bridgehead atoms. The summed E-state index contributed by atoms with van der Waals surface area (Å²) in [5.41, 5.74) is 24.4. The van der Waals surface area contributed by atoms with Crippen LogP contribution in [-0.4, -0.2) is 19.0 Å². The van der Waals surface area contributed by atoms with Gasteiger partial charge in [-0.25, -0.2) is 0 Å². The molecule has 0 aromatic heterocycles. The maximum atomic E-state index is 8.13. The van der Waals surface area contributed by atoms with E-state index in [2.05, 4.69) is 24.8 Å². The second kappa shape index (κ2) is 5.38. The van der Waals surface area contributed by atoms with E-state index in [1.165, 1.54) is 0 Å². The predicted molar refractivity (Wildman–Crippen MR) is 43.7 cm³/mol. The number of nitrogens with zero attached hydrogens (tertiary/aromatic N) is 9. The Bertz CT molecular complexity index is 242. The number of rotatable bonds is 4. The fourth-order valence-corrected chi connectivity index (χ4v) is 2.67. The predicted octanol–water partition coefficient (Wildman–Crippen LogP) is 2.88. The van der Waals surface area contributed by atoms with Gasteiger partial charge in [-0.3, -0.25) is 0 Å². The molecule has 0 N–H and O–H groups in total. The van der Waals surface area contributed by atoms with E-state index in [1.807, 2.05) is 0 Å². The van der Waals surface area contributed by atoms with Gasteiger partial charge in [-0.1, -0.05) is 0 Å². The first-order chi connectivity index (χ1) is 5.74. The van der Waals surface area contributed by atoms with Crippen molar-refractivity contribution >= 4 is 19.0 Å². The van der Waals surface area contributed by atoms with Crippen LogP contribution < -0.4 is 0 Å². The van der Waals surface area contributed by atoms with Crippen LogP contribution in [0.2, 0.25) is 4.47 Å². The van der Waals surface area contributed by atoms with Crippen molar-refractivity contribution in [3.63, 3.8) is 0 Å². The van der Waals surface area contributed by atoms with Crippen LogP contribution in [0.4, 0.5) is 0 Å². The van der Waals surface area contributed by atoms with Gasteiger partial charge in [0.25, 0.3) is 0 Å². The van der Waals surface area contributed by atoms with E-state index in [0.717, 1.165) is 0 Å². The monoisotopic (exact) mass is 285 g/mol. The number of hydrogen-bond acceptors (Lipinski definition) is 3. The van der Waals surface area contributed by atoms with Crippen LogP contribution in [-0.2, 0) is 0 Å². The minimum absolute atomic E-state index is 0.306. The Labute approximate surface area is 72.1 Å². The van der Waals surface area contributed by atoms with Gasteiger partial charge in [0.2, 0.25) is 0 Å². The molecule has 0 aliphatic carbocycles. The molecule has 0 saturated heterocycles. The first-order valence-corrected chi connectivity index (χ1v) is 7.52. The zero-order valence-electron chi connectivity index (χ0n) is 6.14. The van der Waals surface area contributed by atoms with Crippen molar-refractivity contribution in [1.82, 2.24) is 0 Å². The van der Waals surface area contributed by atoms with E-state index in [4.69, 9.17) is 16.6 Å². The Morgan fingerprint density at radius 2 is 1.33 bits per heavy atom. The second-order valence-corrected chi connectivity index (χ2v) is 8.09. The van der Waals surface area contributed by atoms with E-state index in [-0.39, 0.29) is 0 Å². The third kappa shape index (κ3) is 2.76. The maximum absolute atomic E-state index is 8.13. The van der Waals surface area contributed by atoms with Crippen molar-refractivity contribution in [2.45, 2.75) is 11.4 Å².